The molecule has 2 heterocycles. The third-order valence-corrected chi connectivity index (χ3v) is 3.37. The molecule has 0 amide bonds. The van der Waals surface area contributed by atoms with E-state index in [2.05, 4.69) is 17.6 Å². The van der Waals surface area contributed by atoms with E-state index in [1.54, 1.807) is 6.92 Å². The van der Waals surface area contributed by atoms with E-state index in [1.807, 2.05) is 0 Å². The smallest absolute Gasteiger partial charge is 0.329 e. The molecule has 0 saturated carbocycles. The number of nitrogens with one attached hydrogen (secondary N) is 1. The SMILES string of the molecule is Cc1cn(C(S)C2OCCC2O)c(=O)[nH]c1=O. The molecular formula is C10H14N2O4S. The van der Waals surface area contributed by atoms with Gasteiger partial charge in [0.2, 0.25) is 0 Å². The molecule has 2 N–H and O–H groups in total. The summed E-state index contributed by atoms with van der Waals surface area (Å²) in [5.74, 6) is 0. The lowest BCUT2D eigenvalue weighted by Crippen LogP contribution is -2.38. The van der Waals surface area contributed by atoms with E-state index in [9.17, 15) is 14.7 Å². The number of hydrogen-bond acceptors (Lipinski definition) is 5. The number of H-pyrrole nitrogens is 1. The Bertz CT molecular complexity index is 524. The van der Waals surface area contributed by atoms with E-state index in [1.165, 1.54) is 10.8 Å². The number of rotatable bonds is 2. The van der Waals surface area contributed by atoms with Crippen molar-refractivity contribution in [3.05, 3.63) is 32.6 Å². The van der Waals surface area contributed by atoms with Crippen LogP contribution in [0.5, 0.6) is 0 Å². The Hall–Kier alpha value is -1.05. The van der Waals surface area contributed by atoms with Gasteiger partial charge in [0.25, 0.3) is 5.56 Å². The Balaban J connectivity index is 2.37. The van der Waals surface area contributed by atoms with E-state index in [0.29, 0.717) is 18.6 Å². The molecule has 1 aliphatic rings. The van der Waals surface area contributed by atoms with Gasteiger partial charge in [0.15, 0.2) is 0 Å². The van der Waals surface area contributed by atoms with Crippen LogP contribution in [-0.4, -0.2) is 33.5 Å². The number of aliphatic hydroxyl groups is 1. The van der Waals surface area contributed by atoms with Crippen LogP contribution in [0.3, 0.4) is 0 Å². The van der Waals surface area contributed by atoms with Crippen molar-refractivity contribution in [3.63, 3.8) is 0 Å². The zero-order valence-electron chi connectivity index (χ0n) is 9.29. The number of nitrogens with zero attached hydrogens (tertiary/aromatic N) is 1. The molecule has 0 aliphatic carbocycles. The van der Waals surface area contributed by atoms with Crippen molar-refractivity contribution in [2.24, 2.45) is 0 Å². The number of thiol groups is 1. The minimum absolute atomic E-state index is 0.413. The molecule has 1 aliphatic heterocycles. The normalized spacial score (nSPS) is 26.1. The second-order valence-electron chi connectivity index (χ2n) is 4.08. The number of hydrogen-bond donors (Lipinski definition) is 3. The summed E-state index contributed by atoms with van der Waals surface area (Å²) in [6.45, 7) is 2.04. The number of aryl methyl sites for hydroxylation is 1. The molecule has 7 heteroatoms. The van der Waals surface area contributed by atoms with Crippen molar-refractivity contribution in [3.8, 4) is 0 Å². The first-order valence-corrected chi connectivity index (χ1v) is 5.82. The summed E-state index contributed by atoms with van der Waals surface area (Å²) in [7, 11) is 0. The molecule has 94 valence electrons. The predicted molar refractivity (Wildman–Crippen MR) is 64.4 cm³/mol. The largest absolute Gasteiger partial charge is 0.390 e. The Morgan fingerprint density at radius 3 is 2.94 bits per heavy atom. The minimum Gasteiger partial charge on any atom is -0.390 e. The van der Waals surface area contributed by atoms with Gasteiger partial charge in [-0.05, 0) is 13.3 Å². The number of aromatic amines is 1. The van der Waals surface area contributed by atoms with Crippen molar-refractivity contribution < 1.29 is 9.84 Å². The van der Waals surface area contributed by atoms with Crippen molar-refractivity contribution in [1.29, 1.82) is 0 Å². The van der Waals surface area contributed by atoms with Gasteiger partial charge in [0.1, 0.15) is 11.5 Å². The molecule has 0 radical (unpaired) electrons. The monoisotopic (exact) mass is 258 g/mol. The highest BCUT2D eigenvalue weighted by Crippen LogP contribution is 2.26. The highest BCUT2D eigenvalue weighted by molar-refractivity contribution is 7.80. The second-order valence-corrected chi connectivity index (χ2v) is 4.61. The van der Waals surface area contributed by atoms with Crippen molar-refractivity contribution >= 4 is 12.6 Å². The first-order valence-electron chi connectivity index (χ1n) is 5.30. The highest BCUT2D eigenvalue weighted by atomic mass is 32.1. The number of aromatic nitrogens is 2. The fourth-order valence-corrected chi connectivity index (χ4v) is 2.28. The van der Waals surface area contributed by atoms with Crippen LogP contribution in [0.15, 0.2) is 15.8 Å². The average molecular weight is 258 g/mol. The zero-order valence-corrected chi connectivity index (χ0v) is 10.2. The van der Waals surface area contributed by atoms with Gasteiger partial charge < -0.3 is 9.84 Å². The summed E-state index contributed by atoms with van der Waals surface area (Å²) >= 11 is 4.28. The van der Waals surface area contributed by atoms with Crippen LogP contribution in [0, 0.1) is 6.92 Å². The van der Waals surface area contributed by atoms with Gasteiger partial charge in [-0.1, -0.05) is 0 Å². The van der Waals surface area contributed by atoms with Crippen LogP contribution in [0.1, 0.15) is 17.4 Å². The zero-order chi connectivity index (χ0) is 12.6. The number of ether oxygens (including phenoxy) is 1. The Morgan fingerprint density at radius 1 is 1.65 bits per heavy atom. The molecule has 0 bridgehead atoms. The number of aliphatic hydroxyl groups excluding tert-OH is 1. The van der Waals surface area contributed by atoms with Crippen molar-refractivity contribution in [2.75, 3.05) is 6.61 Å². The molecule has 0 spiro atoms. The van der Waals surface area contributed by atoms with Crippen LogP contribution in [-0.2, 0) is 4.74 Å². The van der Waals surface area contributed by atoms with Crippen LogP contribution in [0.4, 0.5) is 0 Å². The van der Waals surface area contributed by atoms with E-state index >= 15 is 0 Å². The molecule has 2 rings (SSSR count). The van der Waals surface area contributed by atoms with E-state index in [0.717, 1.165) is 0 Å². The topological polar surface area (TPSA) is 84.3 Å². The van der Waals surface area contributed by atoms with Crippen molar-refractivity contribution in [2.45, 2.75) is 30.9 Å². The molecular weight excluding hydrogens is 244 g/mol. The average Bonchev–Trinajstić information content (AvgIpc) is 2.69. The fourth-order valence-electron chi connectivity index (χ4n) is 1.83. The maximum atomic E-state index is 11.6. The summed E-state index contributed by atoms with van der Waals surface area (Å²) in [6.07, 6.45) is 0.768. The Kier molecular flexibility index (Phi) is 3.41. The summed E-state index contributed by atoms with van der Waals surface area (Å²) in [5.41, 5.74) is -0.556. The summed E-state index contributed by atoms with van der Waals surface area (Å²) in [6, 6.07) is 0. The van der Waals surface area contributed by atoms with Crippen LogP contribution >= 0.6 is 12.6 Å². The summed E-state index contributed by atoms with van der Waals surface area (Å²) < 4.78 is 6.59. The van der Waals surface area contributed by atoms with Gasteiger partial charge in [0.05, 0.1) is 6.10 Å². The van der Waals surface area contributed by atoms with Gasteiger partial charge >= 0.3 is 5.69 Å². The van der Waals surface area contributed by atoms with E-state index in [4.69, 9.17) is 4.74 Å². The van der Waals surface area contributed by atoms with Gasteiger partial charge in [-0.2, -0.15) is 12.6 Å². The predicted octanol–water partition coefficient (Wildman–Crippen LogP) is -0.577. The molecule has 3 unspecified atom stereocenters. The molecule has 1 aromatic rings. The Labute approximate surface area is 103 Å². The van der Waals surface area contributed by atoms with Crippen LogP contribution in [0.2, 0.25) is 0 Å². The molecule has 3 atom stereocenters. The van der Waals surface area contributed by atoms with Gasteiger partial charge in [-0.15, -0.1) is 0 Å². The summed E-state index contributed by atoms with van der Waals surface area (Å²) in [4.78, 5) is 25.0. The van der Waals surface area contributed by atoms with Gasteiger partial charge in [0, 0.05) is 18.4 Å². The molecule has 6 nitrogen and oxygen atoms in total. The fraction of sp³-hybridized carbons (Fsp3) is 0.600. The maximum Gasteiger partial charge on any atom is 0.329 e. The molecule has 0 aromatic carbocycles. The third kappa shape index (κ3) is 2.31. The van der Waals surface area contributed by atoms with Crippen LogP contribution < -0.4 is 11.2 Å². The molecule has 1 aromatic heterocycles. The van der Waals surface area contributed by atoms with Crippen LogP contribution in [0.25, 0.3) is 0 Å². The lowest BCUT2D eigenvalue weighted by atomic mass is 10.2. The maximum absolute atomic E-state index is 11.6. The Morgan fingerprint density at radius 2 is 2.35 bits per heavy atom. The quantitative estimate of drug-likeness (QED) is 0.620. The summed E-state index contributed by atoms with van der Waals surface area (Å²) in [5, 5.41) is 9.06. The van der Waals surface area contributed by atoms with Gasteiger partial charge in [-0.3, -0.25) is 14.3 Å². The van der Waals surface area contributed by atoms with Crippen molar-refractivity contribution in [1.82, 2.24) is 9.55 Å². The van der Waals surface area contributed by atoms with E-state index < -0.39 is 28.8 Å². The van der Waals surface area contributed by atoms with E-state index in [-0.39, 0.29) is 0 Å². The lowest BCUT2D eigenvalue weighted by molar-refractivity contribution is 0.0279. The first-order chi connectivity index (χ1) is 8.00. The molecule has 1 fully saturated rings. The lowest BCUT2D eigenvalue weighted by Gasteiger charge is -2.22. The minimum atomic E-state index is -0.642. The highest BCUT2D eigenvalue weighted by Gasteiger charge is 2.33. The first kappa shape index (κ1) is 12.4. The molecule has 17 heavy (non-hydrogen) atoms. The third-order valence-electron chi connectivity index (χ3n) is 2.83. The molecule has 1 saturated heterocycles. The van der Waals surface area contributed by atoms with Gasteiger partial charge in [-0.25, -0.2) is 4.79 Å². The standard InChI is InChI=1S/C10H14N2O4S/c1-5-4-12(10(15)11-8(5)14)9(17)7-6(13)2-3-16-7/h4,6-7,9,13,17H,2-3H2,1H3,(H,11,14,15). The second kappa shape index (κ2) is 4.67.